The second-order valence-corrected chi connectivity index (χ2v) is 8.11. The summed E-state index contributed by atoms with van der Waals surface area (Å²) < 4.78 is 13.5. The Kier molecular flexibility index (Phi) is 5.33. The molecule has 4 rings (SSSR count). The second kappa shape index (κ2) is 7.94. The molecule has 2 atom stereocenters. The van der Waals surface area contributed by atoms with Crippen LogP contribution in [0.15, 0.2) is 48.8 Å². The predicted octanol–water partition coefficient (Wildman–Crippen LogP) is 4.47. The number of hydrogen-bond donors (Lipinski definition) is 1. The van der Waals surface area contributed by atoms with Gasteiger partial charge in [0.2, 0.25) is 5.91 Å². The highest BCUT2D eigenvalue weighted by Gasteiger charge is 2.58. The van der Waals surface area contributed by atoms with E-state index in [1.165, 1.54) is 5.56 Å². The fourth-order valence-electron chi connectivity index (χ4n) is 4.19. The minimum Gasteiger partial charge on any atom is -0.310 e. The zero-order valence-corrected chi connectivity index (χ0v) is 17.4. The first kappa shape index (κ1) is 20.1. The first-order valence-electron chi connectivity index (χ1n) is 10.2. The molecule has 0 radical (unpaired) electrons. The number of carbonyl (C=O) groups excluding carboxylic acids is 1. The van der Waals surface area contributed by atoms with Gasteiger partial charge in [-0.25, -0.2) is 19.3 Å². The van der Waals surface area contributed by atoms with Crippen molar-refractivity contribution in [3.8, 4) is 0 Å². The van der Waals surface area contributed by atoms with Crippen molar-refractivity contribution in [2.75, 3.05) is 5.32 Å². The zero-order chi connectivity index (χ0) is 21.3. The standard InChI is InChI=1S/C24H25FN4O/c1-15-11-22(27-14-21(15)25)29-23(30)20-12-24(20,19-7-5-4-6-8-19)10-9-18-13-26-17(3)28-16(18)2/h4-8,11,13-14,20H,9-10,12H2,1-3H3,(H,27,29,30)/t20-,24-/m0/s1. The molecule has 1 aliphatic carbocycles. The summed E-state index contributed by atoms with van der Waals surface area (Å²) in [5.74, 6) is 0.539. The molecular formula is C24H25FN4O. The number of rotatable bonds is 6. The van der Waals surface area contributed by atoms with Crippen molar-refractivity contribution >= 4 is 11.7 Å². The Bertz CT molecular complexity index is 1090. The van der Waals surface area contributed by atoms with Crippen LogP contribution in [-0.2, 0) is 16.6 Å². The Morgan fingerprint density at radius 3 is 2.63 bits per heavy atom. The maximum Gasteiger partial charge on any atom is 0.229 e. The Morgan fingerprint density at radius 2 is 1.93 bits per heavy atom. The van der Waals surface area contributed by atoms with Gasteiger partial charge in [0, 0.05) is 23.2 Å². The molecule has 1 amide bonds. The molecule has 0 spiro atoms. The molecule has 2 heterocycles. The Hall–Kier alpha value is -3.15. The van der Waals surface area contributed by atoms with Gasteiger partial charge in [-0.05, 0) is 62.8 Å². The number of pyridine rings is 1. The van der Waals surface area contributed by atoms with Crippen molar-refractivity contribution in [2.24, 2.45) is 5.92 Å². The second-order valence-electron chi connectivity index (χ2n) is 8.11. The van der Waals surface area contributed by atoms with Gasteiger partial charge >= 0.3 is 0 Å². The molecule has 0 bridgehead atoms. The van der Waals surface area contributed by atoms with Crippen LogP contribution in [0.5, 0.6) is 0 Å². The molecule has 154 valence electrons. The van der Waals surface area contributed by atoms with Crippen molar-refractivity contribution in [2.45, 2.75) is 45.4 Å². The smallest absolute Gasteiger partial charge is 0.229 e. The lowest BCUT2D eigenvalue weighted by molar-refractivity contribution is -0.117. The van der Waals surface area contributed by atoms with Gasteiger partial charge in [0.1, 0.15) is 17.5 Å². The molecule has 30 heavy (non-hydrogen) atoms. The van der Waals surface area contributed by atoms with E-state index in [-0.39, 0.29) is 23.1 Å². The topological polar surface area (TPSA) is 67.8 Å². The number of benzene rings is 1. The van der Waals surface area contributed by atoms with Crippen LogP contribution in [0, 0.1) is 32.5 Å². The summed E-state index contributed by atoms with van der Waals surface area (Å²) >= 11 is 0. The number of carbonyl (C=O) groups is 1. The quantitative estimate of drug-likeness (QED) is 0.658. The molecule has 0 aliphatic heterocycles. The number of hydrogen-bond acceptors (Lipinski definition) is 4. The van der Waals surface area contributed by atoms with E-state index in [1.54, 1.807) is 13.0 Å². The summed E-state index contributed by atoms with van der Waals surface area (Å²) in [4.78, 5) is 25.8. The van der Waals surface area contributed by atoms with E-state index in [1.807, 2.05) is 38.2 Å². The summed E-state index contributed by atoms with van der Waals surface area (Å²) in [7, 11) is 0. The Balaban J connectivity index is 1.54. The third-order valence-corrected chi connectivity index (χ3v) is 6.08. The number of anilines is 1. The van der Waals surface area contributed by atoms with Gasteiger partial charge in [-0.2, -0.15) is 0 Å². The third kappa shape index (κ3) is 3.95. The normalized spacial score (nSPS) is 20.1. The van der Waals surface area contributed by atoms with Crippen LogP contribution < -0.4 is 5.32 Å². The molecule has 1 N–H and O–H groups in total. The Labute approximate surface area is 175 Å². The first-order valence-corrected chi connectivity index (χ1v) is 10.2. The molecule has 2 aromatic heterocycles. The first-order chi connectivity index (χ1) is 14.4. The number of aromatic nitrogens is 3. The van der Waals surface area contributed by atoms with E-state index < -0.39 is 0 Å². The average molecular weight is 404 g/mol. The fraction of sp³-hybridized carbons (Fsp3) is 0.333. The maximum atomic E-state index is 13.5. The molecule has 0 saturated heterocycles. The number of nitrogens with one attached hydrogen (secondary N) is 1. The molecule has 6 heteroatoms. The van der Waals surface area contributed by atoms with Crippen LogP contribution in [0.1, 0.15) is 41.1 Å². The Morgan fingerprint density at radius 1 is 1.17 bits per heavy atom. The minimum atomic E-state index is -0.381. The maximum absolute atomic E-state index is 13.5. The fourth-order valence-corrected chi connectivity index (χ4v) is 4.19. The van der Waals surface area contributed by atoms with E-state index in [9.17, 15) is 9.18 Å². The SMILES string of the molecule is Cc1ncc(CC[C@@]2(c3ccccc3)C[C@H]2C(=O)Nc2cc(C)c(F)cn2)c(C)n1. The highest BCUT2D eigenvalue weighted by Crippen LogP contribution is 2.57. The summed E-state index contributed by atoms with van der Waals surface area (Å²) in [5, 5.41) is 2.87. The third-order valence-electron chi connectivity index (χ3n) is 6.08. The van der Waals surface area contributed by atoms with E-state index in [0.717, 1.165) is 42.5 Å². The summed E-state index contributed by atoms with van der Waals surface area (Å²) in [6.07, 6.45) is 5.44. The van der Waals surface area contributed by atoms with Gasteiger partial charge in [-0.1, -0.05) is 30.3 Å². The lowest BCUT2D eigenvalue weighted by Gasteiger charge is -2.19. The highest BCUT2D eigenvalue weighted by molar-refractivity contribution is 5.95. The van der Waals surface area contributed by atoms with Crippen LogP contribution in [-0.4, -0.2) is 20.9 Å². The van der Waals surface area contributed by atoms with Crippen LogP contribution in [0.4, 0.5) is 10.2 Å². The molecular weight excluding hydrogens is 379 g/mol. The molecule has 1 fully saturated rings. The van der Waals surface area contributed by atoms with Gasteiger partial charge in [0.05, 0.1) is 6.20 Å². The van der Waals surface area contributed by atoms with Gasteiger partial charge < -0.3 is 5.32 Å². The largest absolute Gasteiger partial charge is 0.310 e. The van der Waals surface area contributed by atoms with Gasteiger partial charge in [-0.3, -0.25) is 4.79 Å². The van der Waals surface area contributed by atoms with E-state index in [2.05, 4.69) is 32.4 Å². The van der Waals surface area contributed by atoms with Crippen molar-refractivity contribution in [1.82, 2.24) is 15.0 Å². The van der Waals surface area contributed by atoms with Crippen LogP contribution in [0.3, 0.4) is 0 Å². The van der Waals surface area contributed by atoms with Crippen molar-refractivity contribution < 1.29 is 9.18 Å². The van der Waals surface area contributed by atoms with Crippen molar-refractivity contribution in [1.29, 1.82) is 0 Å². The highest BCUT2D eigenvalue weighted by atomic mass is 19.1. The molecule has 5 nitrogen and oxygen atoms in total. The van der Waals surface area contributed by atoms with Gasteiger partial charge in [-0.15, -0.1) is 0 Å². The van der Waals surface area contributed by atoms with Crippen molar-refractivity contribution in [3.63, 3.8) is 0 Å². The number of nitrogens with zero attached hydrogens (tertiary/aromatic N) is 3. The van der Waals surface area contributed by atoms with Gasteiger partial charge in [0.15, 0.2) is 0 Å². The number of amides is 1. The summed E-state index contributed by atoms with van der Waals surface area (Å²) in [5.41, 5.74) is 3.49. The number of halogens is 1. The van der Waals surface area contributed by atoms with Crippen LogP contribution in [0.2, 0.25) is 0 Å². The lowest BCUT2D eigenvalue weighted by atomic mass is 9.86. The molecule has 1 aromatic carbocycles. The summed E-state index contributed by atoms with van der Waals surface area (Å²) in [6, 6.07) is 11.7. The predicted molar refractivity (Wildman–Crippen MR) is 114 cm³/mol. The molecule has 1 saturated carbocycles. The van der Waals surface area contributed by atoms with E-state index >= 15 is 0 Å². The van der Waals surface area contributed by atoms with Crippen LogP contribution >= 0.6 is 0 Å². The van der Waals surface area contributed by atoms with E-state index in [0.29, 0.717) is 11.4 Å². The molecule has 3 aromatic rings. The zero-order valence-electron chi connectivity index (χ0n) is 17.4. The minimum absolute atomic E-state index is 0.0748. The monoisotopic (exact) mass is 404 g/mol. The average Bonchev–Trinajstić information content (AvgIpc) is 3.47. The van der Waals surface area contributed by atoms with Crippen molar-refractivity contribution in [3.05, 3.63) is 82.8 Å². The molecule has 0 unspecified atom stereocenters. The van der Waals surface area contributed by atoms with Gasteiger partial charge in [0.25, 0.3) is 0 Å². The molecule has 1 aliphatic rings. The van der Waals surface area contributed by atoms with E-state index in [4.69, 9.17) is 0 Å². The summed E-state index contributed by atoms with van der Waals surface area (Å²) in [6.45, 7) is 5.54. The number of aryl methyl sites for hydroxylation is 4. The van der Waals surface area contributed by atoms with Crippen LogP contribution in [0.25, 0.3) is 0 Å². The lowest BCUT2D eigenvalue weighted by Crippen LogP contribution is -2.22.